The smallest absolute Gasteiger partial charge is 0.0809 e. The third-order valence-electron chi connectivity index (χ3n) is 3.26. The molecular formula is C11H21NO2. The molecular weight excluding hydrogens is 178 g/mol. The molecule has 0 aromatic carbocycles. The van der Waals surface area contributed by atoms with Crippen LogP contribution in [0.15, 0.2) is 0 Å². The van der Waals surface area contributed by atoms with Crippen LogP contribution in [0.4, 0.5) is 0 Å². The van der Waals surface area contributed by atoms with Crippen LogP contribution < -0.4 is 5.73 Å². The van der Waals surface area contributed by atoms with Gasteiger partial charge in [0, 0.05) is 12.6 Å². The molecule has 0 spiro atoms. The largest absolute Gasteiger partial charge is 0.376 e. The summed E-state index contributed by atoms with van der Waals surface area (Å²) in [5, 5.41) is 0. The van der Waals surface area contributed by atoms with E-state index < -0.39 is 0 Å². The van der Waals surface area contributed by atoms with E-state index in [4.69, 9.17) is 15.2 Å². The molecule has 1 atom stereocenters. The quantitative estimate of drug-likeness (QED) is 0.748. The van der Waals surface area contributed by atoms with E-state index in [2.05, 4.69) is 0 Å². The van der Waals surface area contributed by atoms with Gasteiger partial charge in [0.25, 0.3) is 0 Å². The van der Waals surface area contributed by atoms with Gasteiger partial charge in [0.05, 0.1) is 18.8 Å². The molecule has 1 heterocycles. The molecule has 2 aliphatic rings. The lowest BCUT2D eigenvalue weighted by molar-refractivity contribution is -0.0339. The molecule has 82 valence electrons. The first-order valence-electron chi connectivity index (χ1n) is 5.83. The van der Waals surface area contributed by atoms with E-state index in [9.17, 15) is 0 Å². The maximum absolute atomic E-state index is 5.84. The molecule has 1 saturated heterocycles. The summed E-state index contributed by atoms with van der Waals surface area (Å²) in [5.41, 5.74) is 5.84. The highest BCUT2D eigenvalue weighted by Gasteiger charge is 2.21. The van der Waals surface area contributed by atoms with Gasteiger partial charge in [-0.15, -0.1) is 0 Å². The van der Waals surface area contributed by atoms with Crippen molar-refractivity contribution >= 4 is 0 Å². The molecule has 0 aromatic heterocycles. The van der Waals surface area contributed by atoms with Crippen LogP contribution >= 0.6 is 0 Å². The average Bonchev–Trinajstić information content (AvgIpc) is 2.70. The summed E-state index contributed by atoms with van der Waals surface area (Å²) in [7, 11) is 0. The number of ether oxygens (including phenoxy) is 2. The topological polar surface area (TPSA) is 44.5 Å². The molecule has 3 heteroatoms. The Morgan fingerprint density at radius 3 is 2.57 bits per heavy atom. The van der Waals surface area contributed by atoms with Crippen LogP contribution in [-0.2, 0) is 9.47 Å². The Labute approximate surface area is 85.9 Å². The highest BCUT2D eigenvalue weighted by Crippen LogP contribution is 2.21. The molecule has 0 radical (unpaired) electrons. The van der Waals surface area contributed by atoms with Crippen molar-refractivity contribution in [3.63, 3.8) is 0 Å². The van der Waals surface area contributed by atoms with Crippen molar-refractivity contribution < 1.29 is 9.47 Å². The molecule has 0 aromatic rings. The SMILES string of the molecule is NC1CCC(OCC2CCCO2)CC1. The van der Waals surface area contributed by atoms with Gasteiger partial charge in [0.2, 0.25) is 0 Å². The van der Waals surface area contributed by atoms with Gasteiger partial charge in [0.1, 0.15) is 0 Å². The third kappa shape index (κ3) is 2.94. The second kappa shape index (κ2) is 5.10. The maximum Gasteiger partial charge on any atom is 0.0809 e. The van der Waals surface area contributed by atoms with Crippen molar-refractivity contribution in [1.82, 2.24) is 0 Å². The maximum atomic E-state index is 5.84. The minimum atomic E-state index is 0.366. The lowest BCUT2D eigenvalue weighted by Crippen LogP contribution is -2.31. The van der Waals surface area contributed by atoms with Crippen molar-refractivity contribution in [3.05, 3.63) is 0 Å². The van der Waals surface area contributed by atoms with Crippen molar-refractivity contribution in [1.29, 1.82) is 0 Å². The molecule has 1 unspecified atom stereocenters. The molecule has 14 heavy (non-hydrogen) atoms. The van der Waals surface area contributed by atoms with Crippen LogP contribution in [0.1, 0.15) is 38.5 Å². The fraction of sp³-hybridized carbons (Fsp3) is 1.00. The zero-order chi connectivity index (χ0) is 9.80. The predicted molar refractivity (Wildman–Crippen MR) is 55.2 cm³/mol. The summed E-state index contributed by atoms with van der Waals surface area (Å²) in [6.45, 7) is 1.71. The van der Waals surface area contributed by atoms with Crippen LogP contribution in [0.3, 0.4) is 0 Å². The third-order valence-corrected chi connectivity index (χ3v) is 3.26. The molecule has 3 nitrogen and oxygen atoms in total. The molecule has 0 bridgehead atoms. The van der Waals surface area contributed by atoms with Crippen molar-refractivity contribution in [3.8, 4) is 0 Å². The number of nitrogens with two attached hydrogens (primary N) is 1. The van der Waals surface area contributed by atoms with Crippen LogP contribution in [0.2, 0.25) is 0 Å². The molecule has 1 aliphatic carbocycles. The minimum Gasteiger partial charge on any atom is -0.376 e. The summed E-state index contributed by atoms with van der Waals surface area (Å²) in [4.78, 5) is 0. The van der Waals surface area contributed by atoms with E-state index >= 15 is 0 Å². The Hall–Kier alpha value is -0.120. The molecule has 2 N–H and O–H groups in total. The fourth-order valence-electron chi connectivity index (χ4n) is 2.27. The van der Waals surface area contributed by atoms with Gasteiger partial charge in [0.15, 0.2) is 0 Å². The van der Waals surface area contributed by atoms with E-state index in [0.29, 0.717) is 18.2 Å². The number of hydrogen-bond acceptors (Lipinski definition) is 3. The van der Waals surface area contributed by atoms with Gasteiger partial charge >= 0.3 is 0 Å². The standard InChI is InChI=1S/C11H21NO2/c12-9-3-5-10(6-4-9)14-8-11-2-1-7-13-11/h9-11H,1-8,12H2. The number of rotatable bonds is 3. The van der Waals surface area contributed by atoms with E-state index in [1.165, 1.54) is 12.8 Å². The molecule has 1 saturated carbocycles. The van der Waals surface area contributed by atoms with E-state index in [1.807, 2.05) is 0 Å². The van der Waals surface area contributed by atoms with Crippen LogP contribution in [0.25, 0.3) is 0 Å². The molecule has 2 fully saturated rings. The highest BCUT2D eigenvalue weighted by atomic mass is 16.5. The average molecular weight is 199 g/mol. The first-order chi connectivity index (χ1) is 6.84. The molecule has 2 rings (SSSR count). The molecule has 0 amide bonds. The van der Waals surface area contributed by atoms with E-state index in [1.54, 1.807) is 0 Å². The zero-order valence-corrected chi connectivity index (χ0v) is 8.78. The van der Waals surface area contributed by atoms with E-state index in [-0.39, 0.29) is 0 Å². The van der Waals surface area contributed by atoms with Gasteiger partial charge in [-0.2, -0.15) is 0 Å². The van der Waals surface area contributed by atoms with Crippen LogP contribution in [-0.4, -0.2) is 31.5 Å². The Morgan fingerprint density at radius 1 is 1.14 bits per heavy atom. The minimum absolute atomic E-state index is 0.366. The van der Waals surface area contributed by atoms with Gasteiger partial charge in [-0.25, -0.2) is 0 Å². The Balaban J connectivity index is 1.60. The second-order valence-corrected chi connectivity index (χ2v) is 4.51. The van der Waals surface area contributed by atoms with Crippen molar-refractivity contribution in [2.75, 3.05) is 13.2 Å². The fourth-order valence-corrected chi connectivity index (χ4v) is 2.27. The summed E-state index contributed by atoms with van der Waals surface area (Å²) in [6, 6.07) is 0.414. The summed E-state index contributed by atoms with van der Waals surface area (Å²) in [6.07, 6.45) is 7.69. The first kappa shape index (κ1) is 10.4. The van der Waals surface area contributed by atoms with E-state index in [0.717, 1.165) is 38.9 Å². The van der Waals surface area contributed by atoms with Gasteiger partial charge in [-0.1, -0.05) is 0 Å². The predicted octanol–water partition coefficient (Wildman–Crippen LogP) is 1.45. The summed E-state index contributed by atoms with van der Waals surface area (Å²) < 4.78 is 11.4. The van der Waals surface area contributed by atoms with Crippen molar-refractivity contribution in [2.24, 2.45) is 5.73 Å². The normalized spacial score (nSPS) is 38.8. The van der Waals surface area contributed by atoms with Crippen molar-refractivity contribution in [2.45, 2.75) is 56.8 Å². The van der Waals surface area contributed by atoms with Crippen LogP contribution in [0.5, 0.6) is 0 Å². The zero-order valence-electron chi connectivity index (χ0n) is 8.78. The Kier molecular flexibility index (Phi) is 3.79. The highest BCUT2D eigenvalue weighted by molar-refractivity contribution is 4.75. The summed E-state index contributed by atoms with van der Waals surface area (Å²) >= 11 is 0. The number of hydrogen-bond donors (Lipinski definition) is 1. The van der Waals surface area contributed by atoms with Crippen LogP contribution in [0, 0.1) is 0 Å². The lowest BCUT2D eigenvalue weighted by Gasteiger charge is -2.27. The monoisotopic (exact) mass is 199 g/mol. The second-order valence-electron chi connectivity index (χ2n) is 4.51. The van der Waals surface area contributed by atoms with Gasteiger partial charge in [-0.05, 0) is 38.5 Å². The summed E-state index contributed by atoms with van der Waals surface area (Å²) in [5.74, 6) is 0. The van der Waals surface area contributed by atoms with Gasteiger partial charge < -0.3 is 15.2 Å². The Morgan fingerprint density at radius 2 is 1.93 bits per heavy atom. The molecule has 1 aliphatic heterocycles. The lowest BCUT2D eigenvalue weighted by atomic mass is 9.94. The van der Waals surface area contributed by atoms with Gasteiger partial charge in [-0.3, -0.25) is 0 Å². The first-order valence-corrected chi connectivity index (χ1v) is 5.83. The Bertz CT molecular complexity index is 161.